The normalized spacial score (nSPS) is 12.1. The van der Waals surface area contributed by atoms with Gasteiger partial charge in [0, 0.05) is 13.1 Å². The summed E-state index contributed by atoms with van der Waals surface area (Å²) in [5.74, 6) is -0.731. The van der Waals surface area contributed by atoms with Crippen molar-refractivity contribution in [2.24, 2.45) is 0 Å². The number of nitrogens with zero attached hydrogens (tertiary/aromatic N) is 2. The number of carbonyl (C=O) groups excluding carboxylic acids is 2. The summed E-state index contributed by atoms with van der Waals surface area (Å²) >= 11 is 0. The van der Waals surface area contributed by atoms with Crippen molar-refractivity contribution in [1.29, 1.82) is 0 Å². The van der Waals surface area contributed by atoms with Crippen molar-refractivity contribution >= 4 is 27.5 Å². The zero-order valence-corrected chi connectivity index (χ0v) is 19.4. The molecule has 2 rings (SSSR count). The number of hydrogen-bond donors (Lipinski definition) is 1. The molecule has 0 aromatic heterocycles. The van der Waals surface area contributed by atoms with E-state index in [9.17, 15) is 18.0 Å². The van der Waals surface area contributed by atoms with Gasteiger partial charge in [0.15, 0.2) is 0 Å². The van der Waals surface area contributed by atoms with E-state index >= 15 is 0 Å². The van der Waals surface area contributed by atoms with Gasteiger partial charge in [-0.05, 0) is 37.5 Å². The van der Waals surface area contributed by atoms with Crippen LogP contribution in [0.1, 0.15) is 31.9 Å². The molecule has 7 nitrogen and oxygen atoms in total. The standard InChI is InChI=1S/C23H31N3O4S/c1-5-20-14-10-11-15-21(20)26(31(4,29)30)17-22(27)25(18(3)23(28)24-6-2)16-19-12-8-7-9-13-19/h7-15,18H,5-6,16-17H2,1-4H3,(H,24,28)/t18-/m0/s1. The number of likely N-dealkylation sites (N-methyl/N-ethyl adjacent to an activating group) is 1. The van der Waals surface area contributed by atoms with Crippen LogP contribution in [-0.2, 0) is 32.6 Å². The molecule has 0 bridgehead atoms. The van der Waals surface area contributed by atoms with Crippen LogP contribution < -0.4 is 9.62 Å². The summed E-state index contributed by atoms with van der Waals surface area (Å²) < 4.78 is 26.3. The molecule has 0 aliphatic rings. The second-order valence-electron chi connectivity index (χ2n) is 7.33. The van der Waals surface area contributed by atoms with Gasteiger partial charge in [0.05, 0.1) is 11.9 Å². The summed E-state index contributed by atoms with van der Waals surface area (Å²) in [6.07, 6.45) is 1.71. The summed E-state index contributed by atoms with van der Waals surface area (Å²) in [5.41, 5.74) is 2.16. The molecule has 0 heterocycles. The maximum atomic E-state index is 13.4. The van der Waals surface area contributed by atoms with Crippen LogP contribution in [0.2, 0.25) is 0 Å². The smallest absolute Gasteiger partial charge is 0.244 e. The van der Waals surface area contributed by atoms with Crippen molar-refractivity contribution in [2.45, 2.75) is 39.8 Å². The summed E-state index contributed by atoms with van der Waals surface area (Å²) in [5, 5.41) is 2.74. The Labute approximate surface area is 185 Å². The fourth-order valence-corrected chi connectivity index (χ4v) is 4.21. The minimum Gasteiger partial charge on any atom is -0.355 e. The van der Waals surface area contributed by atoms with E-state index in [-0.39, 0.29) is 19.0 Å². The van der Waals surface area contributed by atoms with E-state index in [4.69, 9.17) is 0 Å². The fraction of sp³-hybridized carbons (Fsp3) is 0.391. The van der Waals surface area contributed by atoms with Crippen LogP contribution in [-0.4, -0.2) is 50.5 Å². The predicted octanol–water partition coefficient (Wildman–Crippen LogP) is 2.57. The van der Waals surface area contributed by atoms with Gasteiger partial charge in [0.25, 0.3) is 0 Å². The van der Waals surface area contributed by atoms with Crippen molar-refractivity contribution in [2.75, 3.05) is 23.7 Å². The number of carbonyl (C=O) groups is 2. The van der Waals surface area contributed by atoms with Gasteiger partial charge in [-0.2, -0.15) is 0 Å². The number of sulfonamides is 1. The van der Waals surface area contributed by atoms with Gasteiger partial charge in [-0.3, -0.25) is 13.9 Å². The van der Waals surface area contributed by atoms with Gasteiger partial charge < -0.3 is 10.2 Å². The fourth-order valence-electron chi connectivity index (χ4n) is 3.33. The monoisotopic (exact) mass is 445 g/mol. The van der Waals surface area contributed by atoms with Gasteiger partial charge in [0.1, 0.15) is 12.6 Å². The summed E-state index contributed by atoms with van der Waals surface area (Å²) in [4.78, 5) is 27.3. The highest BCUT2D eigenvalue weighted by Gasteiger charge is 2.30. The number of benzene rings is 2. The van der Waals surface area contributed by atoms with Gasteiger partial charge in [-0.25, -0.2) is 8.42 Å². The summed E-state index contributed by atoms with van der Waals surface area (Å²) in [6, 6.07) is 15.7. The summed E-state index contributed by atoms with van der Waals surface area (Å²) in [6.45, 7) is 5.64. The molecule has 0 spiro atoms. The Balaban J connectivity index is 2.40. The van der Waals surface area contributed by atoms with E-state index in [2.05, 4.69) is 5.32 Å². The lowest BCUT2D eigenvalue weighted by molar-refractivity contribution is -0.139. The lowest BCUT2D eigenvalue weighted by atomic mass is 10.1. The van der Waals surface area contributed by atoms with Crippen LogP contribution in [0.4, 0.5) is 5.69 Å². The molecule has 168 valence electrons. The van der Waals surface area contributed by atoms with E-state index in [1.807, 2.05) is 49.4 Å². The molecule has 2 aromatic rings. The Kier molecular flexibility index (Phi) is 8.62. The van der Waals surface area contributed by atoms with Crippen LogP contribution in [0.5, 0.6) is 0 Å². The highest BCUT2D eigenvalue weighted by molar-refractivity contribution is 7.92. The van der Waals surface area contributed by atoms with E-state index in [0.29, 0.717) is 18.7 Å². The summed E-state index contributed by atoms with van der Waals surface area (Å²) in [7, 11) is -3.72. The SMILES string of the molecule is CCNC(=O)[C@H](C)N(Cc1ccccc1)C(=O)CN(c1ccccc1CC)S(C)(=O)=O. The van der Waals surface area contributed by atoms with Gasteiger partial charge >= 0.3 is 0 Å². The Morgan fingerprint density at radius 1 is 1.00 bits per heavy atom. The molecule has 2 aromatic carbocycles. The van der Waals surface area contributed by atoms with Crippen LogP contribution >= 0.6 is 0 Å². The molecular formula is C23H31N3O4S. The van der Waals surface area contributed by atoms with Crippen LogP contribution in [0.25, 0.3) is 0 Å². The number of aryl methyl sites for hydroxylation is 1. The van der Waals surface area contributed by atoms with Crippen LogP contribution in [0, 0.1) is 0 Å². The molecule has 0 fully saturated rings. The highest BCUT2D eigenvalue weighted by atomic mass is 32.2. The first-order valence-corrected chi connectivity index (χ1v) is 12.2. The number of rotatable bonds is 10. The first-order chi connectivity index (χ1) is 14.7. The zero-order valence-electron chi connectivity index (χ0n) is 18.5. The van der Waals surface area contributed by atoms with Crippen LogP contribution in [0.3, 0.4) is 0 Å². The first-order valence-electron chi connectivity index (χ1n) is 10.4. The van der Waals surface area contributed by atoms with Crippen molar-refractivity contribution < 1.29 is 18.0 Å². The van der Waals surface area contributed by atoms with Crippen molar-refractivity contribution in [3.8, 4) is 0 Å². The lowest BCUT2D eigenvalue weighted by Gasteiger charge is -2.32. The van der Waals surface area contributed by atoms with Gasteiger partial charge in [-0.1, -0.05) is 55.5 Å². The highest BCUT2D eigenvalue weighted by Crippen LogP contribution is 2.24. The maximum absolute atomic E-state index is 13.4. The Morgan fingerprint density at radius 2 is 1.61 bits per heavy atom. The molecular weight excluding hydrogens is 414 g/mol. The Bertz CT molecular complexity index is 993. The molecule has 0 unspecified atom stereocenters. The largest absolute Gasteiger partial charge is 0.355 e. The topological polar surface area (TPSA) is 86.8 Å². The third kappa shape index (κ3) is 6.55. The van der Waals surface area contributed by atoms with E-state index < -0.39 is 22.0 Å². The third-order valence-corrected chi connectivity index (χ3v) is 6.16. The average molecular weight is 446 g/mol. The van der Waals surface area contributed by atoms with Crippen LogP contribution in [0.15, 0.2) is 54.6 Å². The third-order valence-electron chi connectivity index (χ3n) is 5.03. The molecule has 1 N–H and O–H groups in total. The number of hydrogen-bond acceptors (Lipinski definition) is 4. The predicted molar refractivity (Wildman–Crippen MR) is 123 cm³/mol. The molecule has 31 heavy (non-hydrogen) atoms. The van der Waals surface area contributed by atoms with Crippen molar-refractivity contribution in [1.82, 2.24) is 10.2 Å². The molecule has 1 atom stereocenters. The first kappa shape index (κ1) is 24.4. The molecule has 0 saturated heterocycles. The number of nitrogens with one attached hydrogen (secondary N) is 1. The van der Waals surface area contributed by atoms with Crippen molar-refractivity contribution in [3.05, 3.63) is 65.7 Å². The molecule has 0 aliphatic heterocycles. The van der Waals surface area contributed by atoms with Crippen molar-refractivity contribution in [3.63, 3.8) is 0 Å². The molecule has 8 heteroatoms. The second kappa shape index (κ2) is 10.9. The minimum atomic E-state index is -3.72. The maximum Gasteiger partial charge on any atom is 0.244 e. The average Bonchev–Trinajstić information content (AvgIpc) is 2.75. The minimum absolute atomic E-state index is 0.199. The molecule has 0 saturated carbocycles. The van der Waals surface area contributed by atoms with Gasteiger partial charge in [0.2, 0.25) is 21.8 Å². The second-order valence-corrected chi connectivity index (χ2v) is 9.24. The van der Waals surface area contributed by atoms with E-state index in [1.165, 1.54) is 4.90 Å². The molecule has 2 amide bonds. The molecule has 0 aliphatic carbocycles. The van der Waals surface area contributed by atoms with Gasteiger partial charge in [-0.15, -0.1) is 0 Å². The number of para-hydroxylation sites is 1. The van der Waals surface area contributed by atoms with E-state index in [1.54, 1.807) is 26.0 Å². The number of amides is 2. The number of anilines is 1. The Morgan fingerprint density at radius 3 is 2.19 bits per heavy atom. The quantitative estimate of drug-likeness (QED) is 0.609. The lowest BCUT2D eigenvalue weighted by Crippen LogP contribution is -2.51. The zero-order chi connectivity index (χ0) is 23.0. The molecule has 0 radical (unpaired) electrons. The van der Waals surface area contributed by atoms with E-state index in [0.717, 1.165) is 21.7 Å². The Hall–Kier alpha value is -2.87.